The first-order valence-electron chi connectivity index (χ1n) is 5.58. The molecular weight excluding hydrogens is 246 g/mol. The molecule has 0 saturated carbocycles. The Balaban J connectivity index is 2.33. The van der Waals surface area contributed by atoms with E-state index in [1.807, 2.05) is 48.2 Å². The van der Waals surface area contributed by atoms with Crippen LogP contribution in [0.25, 0.3) is 21.6 Å². The predicted molar refractivity (Wildman–Crippen MR) is 73.9 cm³/mol. The summed E-state index contributed by atoms with van der Waals surface area (Å²) in [6.45, 7) is 0. The molecule has 0 spiro atoms. The van der Waals surface area contributed by atoms with Crippen LogP contribution in [0.2, 0.25) is 0 Å². The number of rotatable bonds is 2. The van der Waals surface area contributed by atoms with Crippen molar-refractivity contribution in [3.05, 3.63) is 23.7 Å². The molecule has 92 valence electrons. The number of aryl methyl sites for hydroxylation is 1. The molecule has 0 radical (unpaired) electrons. The van der Waals surface area contributed by atoms with Crippen LogP contribution in [0, 0.1) is 0 Å². The summed E-state index contributed by atoms with van der Waals surface area (Å²) in [5, 5.41) is 6.25. The van der Waals surface area contributed by atoms with Crippen LogP contribution in [0.3, 0.4) is 0 Å². The van der Waals surface area contributed by atoms with Crippen molar-refractivity contribution in [1.29, 1.82) is 0 Å². The van der Waals surface area contributed by atoms with Crippen molar-refractivity contribution in [2.24, 2.45) is 7.05 Å². The van der Waals surface area contributed by atoms with Gasteiger partial charge in [0.15, 0.2) is 0 Å². The smallest absolute Gasteiger partial charge is 0.226 e. The van der Waals surface area contributed by atoms with Crippen molar-refractivity contribution in [2.45, 2.75) is 0 Å². The summed E-state index contributed by atoms with van der Waals surface area (Å²) in [5.41, 5.74) is 2.93. The molecule has 5 nitrogen and oxygen atoms in total. The molecule has 6 heteroatoms. The number of nitrogens with zero attached hydrogens (tertiary/aromatic N) is 5. The normalized spacial score (nSPS) is 11.1. The van der Waals surface area contributed by atoms with Gasteiger partial charge in [-0.05, 0) is 17.5 Å². The van der Waals surface area contributed by atoms with Crippen LogP contribution in [-0.4, -0.2) is 33.8 Å². The largest absolute Gasteiger partial charge is 0.347 e. The van der Waals surface area contributed by atoms with E-state index in [0.29, 0.717) is 0 Å². The average molecular weight is 259 g/mol. The Kier molecular flexibility index (Phi) is 2.52. The van der Waals surface area contributed by atoms with E-state index in [4.69, 9.17) is 0 Å². The fourth-order valence-corrected chi connectivity index (χ4v) is 2.66. The van der Waals surface area contributed by atoms with Gasteiger partial charge in [-0.3, -0.25) is 4.68 Å². The van der Waals surface area contributed by atoms with Crippen molar-refractivity contribution < 1.29 is 0 Å². The third-order valence-electron chi connectivity index (χ3n) is 2.76. The Labute approximate surface area is 109 Å². The van der Waals surface area contributed by atoms with Gasteiger partial charge >= 0.3 is 0 Å². The molecule has 3 rings (SSSR count). The third-order valence-corrected chi connectivity index (χ3v) is 3.67. The lowest BCUT2D eigenvalue weighted by atomic mass is 10.2. The van der Waals surface area contributed by atoms with E-state index in [9.17, 15) is 0 Å². The molecule has 3 aromatic rings. The first-order chi connectivity index (χ1) is 8.66. The highest BCUT2D eigenvalue weighted by Crippen LogP contribution is 2.31. The minimum absolute atomic E-state index is 0.720. The van der Waals surface area contributed by atoms with E-state index >= 15 is 0 Å². The van der Waals surface area contributed by atoms with E-state index in [1.54, 1.807) is 17.5 Å². The summed E-state index contributed by atoms with van der Waals surface area (Å²) in [4.78, 5) is 11.1. The SMILES string of the molecule is CN(C)c1nc(-c2ccnn2C)c2sccc2n1. The van der Waals surface area contributed by atoms with E-state index in [2.05, 4.69) is 15.1 Å². The minimum Gasteiger partial charge on any atom is -0.347 e. The Morgan fingerprint density at radius 1 is 1.22 bits per heavy atom. The number of thiophene rings is 1. The standard InChI is InChI=1S/C12H13N5S/c1-16(2)12-14-8-5-7-18-11(8)10(15-12)9-4-6-13-17(9)3/h4-7H,1-3H3. The van der Waals surface area contributed by atoms with Crippen LogP contribution in [0.15, 0.2) is 23.7 Å². The van der Waals surface area contributed by atoms with Gasteiger partial charge in [0.25, 0.3) is 0 Å². The van der Waals surface area contributed by atoms with Gasteiger partial charge in [-0.15, -0.1) is 11.3 Å². The van der Waals surface area contributed by atoms with Crippen LogP contribution in [0.1, 0.15) is 0 Å². The molecule has 0 N–H and O–H groups in total. The van der Waals surface area contributed by atoms with E-state index in [1.165, 1.54) is 0 Å². The number of hydrogen-bond donors (Lipinski definition) is 0. The summed E-state index contributed by atoms with van der Waals surface area (Å²) < 4.78 is 2.94. The Hall–Kier alpha value is -1.95. The topological polar surface area (TPSA) is 46.8 Å². The van der Waals surface area contributed by atoms with Crippen LogP contribution in [0.5, 0.6) is 0 Å². The van der Waals surface area contributed by atoms with Crippen molar-refractivity contribution >= 4 is 27.5 Å². The monoisotopic (exact) mass is 259 g/mol. The molecule has 0 unspecified atom stereocenters. The molecule has 0 fully saturated rings. The number of fused-ring (bicyclic) bond motifs is 1. The van der Waals surface area contributed by atoms with Crippen molar-refractivity contribution in [2.75, 3.05) is 19.0 Å². The fourth-order valence-electron chi connectivity index (χ4n) is 1.83. The molecule has 0 atom stereocenters. The van der Waals surface area contributed by atoms with Crippen LogP contribution in [0.4, 0.5) is 5.95 Å². The molecule has 0 aliphatic carbocycles. The second-order valence-electron chi connectivity index (χ2n) is 4.24. The third kappa shape index (κ3) is 1.65. The average Bonchev–Trinajstić information content (AvgIpc) is 2.95. The first kappa shape index (κ1) is 11.2. The summed E-state index contributed by atoms with van der Waals surface area (Å²) in [5.74, 6) is 0.720. The number of aromatic nitrogens is 4. The lowest BCUT2D eigenvalue weighted by molar-refractivity contribution is 0.773. The summed E-state index contributed by atoms with van der Waals surface area (Å²) >= 11 is 1.66. The molecule has 18 heavy (non-hydrogen) atoms. The van der Waals surface area contributed by atoms with E-state index < -0.39 is 0 Å². The molecule has 0 bridgehead atoms. The second kappa shape index (κ2) is 4.06. The van der Waals surface area contributed by atoms with Gasteiger partial charge in [-0.2, -0.15) is 5.10 Å². The number of hydrogen-bond acceptors (Lipinski definition) is 5. The van der Waals surface area contributed by atoms with E-state index in [0.717, 1.165) is 27.6 Å². The Morgan fingerprint density at radius 3 is 2.72 bits per heavy atom. The molecule has 0 aliphatic heterocycles. The highest BCUT2D eigenvalue weighted by molar-refractivity contribution is 7.17. The van der Waals surface area contributed by atoms with Gasteiger partial charge in [-0.25, -0.2) is 9.97 Å². The maximum absolute atomic E-state index is 4.64. The van der Waals surface area contributed by atoms with Gasteiger partial charge in [0.05, 0.1) is 15.9 Å². The van der Waals surface area contributed by atoms with Gasteiger partial charge < -0.3 is 4.90 Å². The summed E-state index contributed by atoms with van der Waals surface area (Å²) in [6.07, 6.45) is 1.78. The Morgan fingerprint density at radius 2 is 2.06 bits per heavy atom. The molecular formula is C12H13N5S. The fraction of sp³-hybridized carbons (Fsp3) is 0.250. The Bertz CT molecular complexity index is 697. The summed E-state index contributed by atoms with van der Waals surface area (Å²) in [6, 6.07) is 4.00. The lowest BCUT2D eigenvalue weighted by Crippen LogP contribution is -2.13. The van der Waals surface area contributed by atoms with Crippen LogP contribution >= 0.6 is 11.3 Å². The zero-order valence-electron chi connectivity index (χ0n) is 10.5. The predicted octanol–water partition coefficient (Wildman–Crippen LogP) is 2.16. The molecule has 0 aromatic carbocycles. The van der Waals surface area contributed by atoms with Crippen LogP contribution < -0.4 is 4.90 Å². The maximum Gasteiger partial charge on any atom is 0.226 e. The van der Waals surface area contributed by atoms with Gasteiger partial charge in [-0.1, -0.05) is 0 Å². The van der Waals surface area contributed by atoms with Gasteiger partial charge in [0, 0.05) is 27.3 Å². The van der Waals surface area contributed by atoms with Crippen molar-refractivity contribution in [3.63, 3.8) is 0 Å². The highest BCUT2D eigenvalue weighted by atomic mass is 32.1. The zero-order chi connectivity index (χ0) is 12.7. The van der Waals surface area contributed by atoms with E-state index in [-0.39, 0.29) is 0 Å². The first-order valence-corrected chi connectivity index (χ1v) is 6.45. The van der Waals surface area contributed by atoms with Gasteiger partial charge in [0.2, 0.25) is 5.95 Å². The molecule has 0 saturated heterocycles. The summed E-state index contributed by atoms with van der Waals surface area (Å²) in [7, 11) is 5.81. The van der Waals surface area contributed by atoms with Crippen LogP contribution in [-0.2, 0) is 7.05 Å². The molecule has 3 heterocycles. The minimum atomic E-state index is 0.720. The highest BCUT2D eigenvalue weighted by Gasteiger charge is 2.14. The zero-order valence-corrected chi connectivity index (χ0v) is 11.3. The lowest BCUT2D eigenvalue weighted by Gasteiger charge is -2.12. The van der Waals surface area contributed by atoms with Gasteiger partial charge in [0.1, 0.15) is 5.69 Å². The number of anilines is 1. The second-order valence-corrected chi connectivity index (χ2v) is 5.16. The van der Waals surface area contributed by atoms with Crippen molar-refractivity contribution in [3.8, 4) is 11.4 Å². The molecule has 0 amide bonds. The van der Waals surface area contributed by atoms with Crippen molar-refractivity contribution in [1.82, 2.24) is 19.7 Å². The maximum atomic E-state index is 4.64. The molecule has 0 aliphatic rings. The quantitative estimate of drug-likeness (QED) is 0.707. The molecule has 3 aromatic heterocycles.